The van der Waals surface area contributed by atoms with Crippen LogP contribution in [0.5, 0.6) is 0 Å². The predicted octanol–water partition coefficient (Wildman–Crippen LogP) is 1.91. The van der Waals surface area contributed by atoms with Crippen molar-refractivity contribution in [3.63, 3.8) is 0 Å². The Kier molecular flexibility index (Phi) is 19.7. The Hall–Kier alpha value is -1.48. The highest BCUT2D eigenvalue weighted by Gasteiger charge is 2.01. The van der Waals surface area contributed by atoms with Gasteiger partial charge in [-0.15, -0.1) is 0 Å². The van der Waals surface area contributed by atoms with Crippen LogP contribution in [0.2, 0.25) is 0 Å². The van der Waals surface area contributed by atoms with E-state index in [0.29, 0.717) is 59.3 Å². The van der Waals surface area contributed by atoms with E-state index in [2.05, 4.69) is 13.5 Å². The topological polar surface area (TPSA) is 89.5 Å². The van der Waals surface area contributed by atoms with Gasteiger partial charge < -0.3 is 28.4 Å². The minimum absolute atomic E-state index is 0.165. The van der Waals surface area contributed by atoms with Gasteiger partial charge in [0.1, 0.15) is 13.2 Å². The van der Waals surface area contributed by atoms with Gasteiger partial charge in [0.05, 0.1) is 52.9 Å². The maximum atomic E-state index is 11.3. The molecule has 8 heteroatoms. The molecule has 27 heavy (non-hydrogen) atoms. The van der Waals surface area contributed by atoms with Gasteiger partial charge >= 0.3 is 11.9 Å². The quantitative estimate of drug-likeness (QED) is 0.177. The highest BCUT2D eigenvalue weighted by molar-refractivity contribution is 5.81. The molecule has 0 atom stereocenters. The summed E-state index contributed by atoms with van der Waals surface area (Å²) in [6.07, 6.45) is 4.60. The first-order chi connectivity index (χ1) is 13.2. The summed E-state index contributed by atoms with van der Waals surface area (Å²) in [5.41, 5.74) is 0. The first kappa shape index (κ1) is 25.5. The molecule has 0 aromatic heterocycles. The Labute approximate surface area is 162 Å². The van der Waals surface area contributed by atoms with Crippen LogP contribution in [0.1, 0.15) is 32.6 Å². The smallest absolute Gasteiger partial charge is 0.330 e. The molecule has 0 spiro atoms. The van der Waals surface area contributed by atoms with E-state index in [1.807, 2.05) is 0 Å². The number of hydrogen-bond acceptors (Lipinski definition) is 8. The van der Waals surface area contributed by atoms with Crippen molar-refractivity contribution in [2.75, 3.05) is 66.1 Å². The summed E-state index contributed by atoms with van der Waals surface area (Å²) >= 11 is 0. The molecule has 0 aliphatic rings. The first-order valence-corrected chi connectivity index (χ1v) is 9.46. The second-order valence-electron chi connectivity index (χ2n) is 5.50. The number of carbonyl (C=O) groups is 2. The third-order valence-corrected chi connectivity index (χ3v) is 3.23. The van der Waals surface area contributed by atoms with Gasteiger partial charge in [0, 0.05) is 12.5 Å². The molecule has 158 valence electrons. The van der Waals surface area contributed by atoms with Crippen molar-refractivity contribution in [3.8, 4) is 0 Å². The van der Waals surface area contributed by atoms with E-state index in [1.165, 1.54) is 0 Å². The molecule has 0 aliphatic carbocycles. The zero-order chi connectivity index (χ0) is 20.0. The standard InChI is InChI=1S/C19H34O8/c1-3-5-6-7-19(21)27-17-15-25-13-11-23-9-8-22-10-12-24-14-16-26-18(20)4-2/h4H,2-3,5-17H2,1H3. The van der Waals surface area contributed by atoms with E-state index in [1.54, 1.807) is 0 Å². The lowest BCUT2D eigenvalue weighted by atomic mass is 10.2. The molecule has 0 rings (SSSR count). The number of esters is 2. The van der Waals surface area contributed by atoms with E-state index in [4.69, 9.17) is 28.4 Å². The molecule has 0 saturated heterocycles. The third kappa shape index (κ3) is 20.7. The van der Waals surface area contributed by atoms with E-state index >= 15 is 0 Å². The zero-order valence-corrected chi connectivity index (χ0v) is 16.4. The van der Waals surface area contributed by atoms with E-state index in [0.717, 1.165) is 25.3 Å². The summed E-state index contributed by atoms with van der Waals surface area (Å²) in [5, 5.41) is 0. The fourth-order valence-electron chi connectivity index (χ4n) is 1.83. The molecule has 0 radical (unpaired) electrons. The van der Waals surface area contributed by atoms with E-state index in [-0.39, 0.29) is 19.2 Å². The molecule has 0 aromatic rings. The molecule has 0 aromatic carbocycles. The average molecular weight is 390 g/mol. The highest BCUT2D eigenvalue weighted by Crippen LogP contribution is 2.00. The molecule has 0 saturated carbocycles. The molecule has 0 aliphatic heterocycles. The van der Waals surface area contributed by atoms with Gasteiger partial charge in [-0.1, -0.05) is 26.3 Å². The number of unbranched alkanes of at least 4 members (excludes halogenated alkanes) is 2. The third-order valence-electron chi connectivity index (χ3n) is 3.23. The van der Waals surface area contributed by atoms with Crippen molar-refractivity contribution >= 4 is 11.9 Å². The van der Waals surface area contributed by atoms with Crippen LogP contribution in [0.3, 0.4) is 0 Å². The SMILES string of the molecule is C=CC(=O)OCCOCCOCCOCCOCCOC(=O)CCCCC. The Morgan fingerprint density at radius 3 is 1.59 bits per heavy atom. The van der Waals surface area contributed by atoms with Crippen molar-refractivity contribution < 1.29 is 38.0 Å². The summed E-state index contributed by atoms with van der Waals surface area (Å²) in [6.45, 7) is 9.26. The van der Waals surface area contributed by atoms with Gasteiger partial charge in [-0.05, 0) is 6.42 Å². The van der Waals surface area contributed by atoms with Gasteiger partial charge in [0.15, 0.2) is 0 Å². The highest BCUT2D eigenvalue weighted by atomic mass is 16.6. The second kappa shape index (κ2) is 20.8. The normalized spacial score (nSPS) is 10.6. The summed E-state index contributed by atoms with van der Waals surface area (Å²) in [7, 11) is 0. The van der Waals surface area contributed by atoms with Crippen LogP contribution < -0.4 is 0 Å². The fourth-order valence-corrected chi connectivity index (χ4v) is 1.83. The van der Waals surface area contributed by atoms with Crippen molar-refractivity contribution in [1.29, 1.82) is 0 Å². The van der Waals surface area contributed by atoms with Gasteiger partial charge in [-0.2, -0.15) is 0 Å². The number of hydrogen-bond donors (Lipinski definition) is 0. The van der Waals surface area contributed by atoms with Crippen molar-refractivity contribution in [2.24, 2.45) is 0 Å². The lowest BCUT2D eigenvalue weighted by molar-refractivity contribution is -0.145. The van der Waals surface area contributed by atoms with Gasteiger partial charge in [-0.25, -0.2) is 4.79 Å². The maximum absolute atomic E-state index is 11.3. The number of ether oxygens (including phenoxy) is 6. The van der Waals surface area contributed by atoms with E-state index in [9.17, 15) is 9.59 Å². The Morgan fingerprint density at radius 1 is 0.704 bits per heavy atom. The summed E-state index contributed by atoms with van der Waals surface area (Å²) in [6, 6.07) is 0. The molecule has 0 bridgehead atoms. The maximum Gasteiger partial charge on any atom is 0.330 e. The van der Waals surface area contributed by atoms with Crippen molar-refractivity contribution in [2.45, 2.75) is 32.6 Å². The first-order valence-electron chi connectivity index (χ1n) is 9.46. The summed E-state index contributed by atoms with van der Waals surface area (Å²) < 4.78 is 31.0. The van der Waals surface area contributed by atoms with Crippen LogP contribution in [0, 0.1) is 0 Å². The van der Waals surface area contributed by atoms with Crippen LogP contribution in [0.15, 0.2) is 12.7 Å². The zero-order valence-electron chi connectivity index (χ0n) is 16.4. The van der Waals surface area contributed by atoms with Crippen LogP contribution in [-0.2, 0) is 38.0 Å². The molecule has 0 N–H and O–H groups in total. The van der Waals surface area contributed by atoms with Gasteiger partial charge in [0.25, 0.3) is 0 Å². The number of rotatable bonds is 20. The minimum Gasteiger partial charge on any atom is -0.463 e. The Bertz CT molecular complexity index is 373. The van der Waals surface area contributed by atoms with Crippen LogP contribution in [-0.4, -0.2) is 78.0 Å². The van der Waals surface area contributed by atoms with Crippen LogP contribution in [0.4, 0.5) is 0 Å². The van der Waals surface area contributed by atoms with Crippen molar-refractivity contribution in [3.05, 3.63) is 12.7 Å². The largest absolute Gasteiger partial charge is 0.463 e. The summed E-state index contributed by atoms with van der Waals surface area (Å²) in [4.78, 5) is 22.1. The number of carbonyl (C=O) groups excluding carboxylic acids is 2. The second-order valence-corrected chi connectivity index (χ2v) is 5.50. The molecule has 0 unspecified atom stereocenters. The lowest BCUT2D eigenvalue weighted by Crippen LogP contribution is -2.15. The Morgan fingerprint density at radius 2 is 1.15 bits per heavy atom. The van der Waals surface area contributed by atoms with Gasteiger partial charge in [0.2, 0.25) is 0 Å². The van der Waals surface area contributed by atoms with E-state index < -0.39 is 5.97 Å². The average Bonchev–Trinajstić information content (AvgIpc) is 2.67. The van der Waals surface area contributed by atoms with Gasteiger partial charge in [-0.3, -0.25) is 4.79 Å². The monoisotopic (exact) mass is 390 g/mol. The van der Waals surface area contributed by atoms with Crippen LogP contribution in [0.25, 0.3) is 0 Å². The predicted molar refractivity (Wildman–Crippen MR) is 99.5 cm³/mol. The van der Waals surface area contributed by atoms with Crippen molar-refractivity contribution in [1.82, 2.24) is 0 Å². The molecular formula is C19H34O8. The molecule has 8 nitrogen and oxygen atoms in total. The molecular weight excluding hydrogens is 356 g/mol. The lowest BCUT2D eigenvalue weighted by Gasteiger charge is -2.08. The fraction of sp³-hybridized carbons (Fsp3) is 0.789. The molecule has 0 amide bonds. The minimum atomic E-state index is -0.459. The molecule has 0 fully saturated rings. The van der Waals surface area contributed by atoms with Crippen LogP contribution >= 0.6 is 0 Å². The summed E-state index contributed by atoms with van der Waals surface area (Å²) in [5.74, 6) is -0.624. The Balaban J connectivity index is 3.11. The molecule has 0 heterocycles.